The van der Waals surface area contributed by atoms with Gasteiger partial charge in [0.25, 0.3) is 5.91 Å². The number of carbonyl (C=O) groups excluding carboxylic acids is 2. The fourth-order valence-corrected chi connectivity index (χ4v) is 3.12. The van der Waals surface area contributed by atoms with Crippen molar-refractivity contribution in [2.24, 2.45) is 0 Å². The number of piperazine rings is 1. The van der Waals surface area contributed by atoms with E-state index in [2.05, 4.69) is 17.2 Å². The molecule has 0 atom stereocenters. The lowest BCUT2D eigenvalue weighted by molar-refractivity contribution is -0.117. The number of halogens is 1. The van der Waals surface area contributed by atoms with Gasteiger partial charge in [-0.05, 0) is 36.2 Å². The number of aryl methyl sites for hydroxylation is 1. The second-order valence-electron chi connectivity index (χ2n) is 6.53. The summed E-state index contributed by atoms with van der Waals surface area (Å²) in [6, 6.07) is 11.1. The lowest BCUT2D eigenvalue weighted by Crippen LogP contribution is -2.50. The molecule has 1 aliphatic heterocycles. The first-order chi connectivity index (χ1) is 13.0. The Bertz CT molecular complexity index is 785. The highest BCUT2D eigenvalue weighted by Gasteiger charge is 2.23. The Labute approximate surface area is 164 Å². The quantitative estimate of drug-likeness (QED) is 0.858. The molecule has 0 radical (unpaired) electrons. The van der Waals surface area contributed by atoms with Crippen molar-refractivity contribution in [2.75, 3.05) is 38.0 Å². The van der Waals surface area contributed by atoms with Crippen LogP contribution in [0.5, 0.6) is 0 Å². The van der Waals surface area contributed by atoms with E-state index in [0.717, 1.165) is 6.42 Å². The van der Waals surface area contributed by atoms with Gasteiger partial charge in [0.1, 0.15) is 5.82 Å². The van der Waals surface area contributed by atoms with E-state index >= 15 is 0 Å². The fourth-order valence-electron chi connectivity index (χ4n) is 3.01. The zero-order valence-corrected chi connectivity index (χ0v) is 16.1. The van der Waals surface area contributed by atoms with Crippen LogP contribution in [0.2, 0.25) is 5.02 Å². The molecule has 1 aromatic carbocycles. The van der Waals surface area contributed by atoms with Crippen molar-refractivity contribution < 1.29 is 9.59 Å². The molecule has 142 valence electrons. The zero-order valence-electron chi connectivity index (χ0n) is 15.3. The van der Waals surface area contributed by atoms with Crippen LogP contribution in [-0.4, -0.2) is 59.3 Å². The summed E-state index contributed by atoms with van der Waals surface area (Å²) < 4.78 is 0. The Kier molecular flexibility index (Phi) is 6.42. The normalized spacial score (nSPS) is 14.8. The van der Waals surface area contributed by atoms with E-state index in [1.165, 1.54) is 11.8 Å². The van der Waals surface area contributed by atoms with Crippen molar-refractivity contribution in [3.05, 3.63) is 58.7 Å². The first kappa shape index (κ1) is 19.3. The number of benzene rings is 1. The van der Waals surface area contributed by atoms with E-state index in [0.29, 0.717) is 42.6 Å². The zero-order chi connectivity index (χ0) is 19.2. The number of rotatable bonds is 5. The van der Waals surface area contributed by atoms with Gasteiger partial charge >= 0.3 is 0 Å². The molecule has 6 nitrogen and oxygen atoms in total. The number of nitrogens with one attached hydrogen (secondary N) is 1. The van der Waals surface area contributed by atoms with Gasteiger partial charge in [0.05, 0.1) is 11.6 Å². The SMILES string of the molecule is CCc1ccc(C(=O)N2CCN(CC(=O)Nc3ccc(Cl)cn3)CC2)cc1. The first-order valence-corrected chi connectivity index (χ1v) is 9.45. The number of hydrogen-bond donors (Lipinski definition) is 1. The number of hydrogen-bond acceptors (Lipinski definition) is 4. The van der Waals surface area contributed by atoms with Crippen molar-refractivity contribution in [3.8, 4) is 0 Å². The molecule has 2 amide bonds. The predicted molar refractivity (Wildman–Crippen MR) is 106 cm³/mol. The van der Waals surface area contributed by atoms with E-state index < -0.39 is 0 Å². The number of carbonyl (C=O) groups is 2. The molecule has 0 aliphatic carbocycles. The van der Waals surface area contributed by atoms with Crippen molar-refractivity contribution in [1.29, 1.82) is 0 Å². The van der Waals surface area contributed by atoms with Gasteiger partial charge in [0, 0.05) is 37.9 Å². The van der Waals surface area contributed by atoms with E-state index in [-0.39, 0.29) is 18.4 Å². The smallest absolute Gasteiger partial charge is 0.253 e. The summed E-state index contributed by atoms with van der Waals surface area (Å²) in [5.41, 5.74) is 1.93. The minimum Gasteiger partial charge on any atom is -0.336 e. The van der Waals surface area contributed by atoms with E-state index in [1.807, 2.05) is 34.1 Å². The van der Waals surface area contributed by atoms with Crippen LogP contribution in [0.4, 0.5) is 5.82 Å². The van der Waals surface area contributed by atoms with Crippen LogP contribution in [0.3, 0.4) is 0 Å². The van der Waals surface area contributed by atoms with Crippen molar-refractivity contribution in [2.45, 2.75) is 13.3 Å². The highest BCUT2D eigenvalue weighted by Crippen LogP contribution is 2.12. The van der Waals surface area contributed by atoms with Gasteiger partial charge < -0.3 is 10.2 Å². The van der Waals surface area contributed by atoms with Crippen LogP contribution in [0, 0.1) is 0 Å². The van der Waals surface area contributed by atoms with Gasteiger partial charge in [-0.2, -0.15) is 0 Å². The minimum absolute atomic E-state index is 0.0483. The molecule has 0 spiro atoms. The molecular weight excluding hydrogens is 364 g/mol. The maximum atomic E-state index is 12.6. The average Bonchev–Trinajstić information content (AvgIpc) is 2.70. The molecule has 1 N–H and O–H groups in total. The molecule has 1 aromatic heterocycles. The van der Waals surface area contributed by atoms with Crippen molar-refractivity contribution in [1.82, 2.24) is 14.8 Å². The van der Waals surface area contributed by atoms with Crippen molar-refractivity contribution >= 4 is 29.2 Å². The predicted octanol–water partition coefficient (Wildman–Crippen LogP) is 2.69. The summed E-state index contributed by atoms with van der Waals surface area (Å²) in [4.78, 5) is 32.7. The molecule has 0 bridgehead atoms. The lowest BCUT2D eigenvalue weighted by Gasteiger charge is -2.34. The third kappa shape index (κ3) is 5.28. The lowest BCUT2D eigenvalue weighted by atomic mass is 10.1. The monoisotopic (exact) mass is 386 g/mol. The van der Waals surface area contributed by atoms with Crippen LogP contribution in [-0.2, 0) is 11.2 Å². The number of aromatic nitrogens is 1. The maximum Gasteiger partial charge on any atom is 0.253 e. The third-order valence-electron chi connectivity index (χ3n) is 4.63. The highest BCUT2D eigenvalue weighted by atomic mass is 35.5. The van der Waals surface area contributed by atoms with Crippen LogP contribution in [0.25, 0.3) is 0 Å². The molecule has 27 heavy (non-hydrogen) atoms. The van der Waals surface area contributed by atoms with Gasteiger partial charge in [0.2, 0.25) is 5.91 Å². The standard InChI is InChI=1S/C20H23ClN4O2/c1-2-15-3-5-16(6-4-15)20(27)25-11-9-24(10-12-25)14-19(26)23-18-8-7-17(21)13-22-18/h3-8,13H,2,9-12,14H2,1H3,(H,22,23,26). The Morgan fingerprint density at radius 2 is 1.78 bits per heavy atom. The molecule has 1 aliphatic rings. The second-order valence-corrected chi connectivity index (χ2v) is 6.97. The molecule has 3 rings (SSSR count). The topological polar surface area (TPSA) is 65.5 Å². The van der Waals surface area contributed by atoms with E-state index in [9.17, 15) is 9.59 Å². The fraction of sp³-hybridized carbons (Fsp3) is 0.350. The Morgan fingerprint density at radius 3 is 2.37 bits per heavy atom. The first-order valence-electron chi connectivity index (χ1n) is 9.07. The van der Waals surface area contributed by atoms with E-state index in [4.69, 9.17) is 11.6 Å². The summed E-state index contributed by atoms with van der Waals surface area (Å²) in [6.07, 6.45) is 2.45. The summed E-state index contributed by atoms with van der Waals surface area (Å²) in [5, 5.41) is 3.28. The molecule has 1 saturated heterocycles. The van der Waals surface area contributed by atoms with Crippen LogP contribution >= 0.6 is 11.6 Å². The van der Waals surface area contributed by atoms with Gasteiger partial charge in [-0.15, -0.1) is 0 Å². The molecular formula is C20H23ClN4O2. The number of nitrogens with zero attached hydrogens (tertiary/aromatic N) is 3. The third-order valence-corrected chi connectivity index (χ3v) is 4.85. The Balaban J connectivity index is 1.47. The highest BCUT2D eigenvalue weighted by molar-refractivity contribution is 6.30. The van der Waals surface area contributed by atoms with Crippen LogP contribution < -0.4 is 5.32 Å². The Hall–Kier alpha value is -2.44. The summed E-state index contributed by atoms with van der Waals surface area (Å²) in [5.74, 6) is 0.403. The largest absolute Gasteiger partial charge is 0.336 e. The van der Waals surface area contributed by atoms with Gasteiger partial charge in [-0.1, -0.05) is 30.7 Å². The molecule has 7 heteroatoms. The number of amides is 2. The summed E-state index contributed by atoms with van der Waals surface area (Å²) >= 11 is 5.79. The summed E-state index contributed by atoms with van der Waals surface area (Å²) in [6.45, 7) is 4.93. The molecule has 0 saturated carbocycles. The molecule has 0 unspecified atom stereocenters. The number of pyridine rings is 1. The average molecular weight is 387 g/mol. The maximum absolute atomic E-state index is 12.6. The van der Waals surface area contributed by atoms with Crippen LogP contribution in [0.15, 0.2) is 42.6 Å². The molecule has 2 heterocycles. The molecule has 2 aromatic rings. The Morgan fingerprint density at radius 1 is 1.07 bits per heavy atom. The van der Waals surface area contributed by atoms with Crippen molar-refractivity contribution in [3.63, 3.8) is 0 Å². The van der Waals surface area contributed by atoms with Crippen LogP contribution in [0.1, 0.15) is 22.8 Å². The van der Waals surface area contributed by atoms with Gasteiger partial charge in [-0.25, -0.2) is 4.98 Å². The van der Waals surface area contributed by atoms with Gasteiger partial charge in [-0.3, -0.25) is 14.5 Å². The van der Waals surface area contributed by atoms with E-state index in [1.54, 1.807) is 12.1 Å². The summed E-state index contributed by atoms with van der Waals surface area (Å²) in [7, 11) is 0. The second kappa shape index (κ2) is 8.97. The molecule has 1 fully saturated rings. The van der Waals surface area contributed by atoms with Gasteiger partial charge in [0.15, 0.2) is 0 Å². The number of anilines is 1. The minimum atomic E-state index is -0.125.